The highest BCUT2D eigenvalue weighted by Crippen LogP contribution is 2.35. The zero-order chi connectivity index (χ0) is 24.1. The molecule has 0 unspecified atom stereocenters. The van der Waals surface area contributed by atoms with Crippen LogP contribution in [0.3, 0.4) is 0 Å². The predicted octanol–water partition coefficient (Wildman–Crippen LogP) is 7.28. The first-order valence-electron chi connectivity index (χ1n) is 12.0. The largest absolute Gasteiger partial charge is 0.457 e. The maximum absolute atomic E-state index is 6.36. The highest BCUT2D eigenvalue weighted by atomic mass is 16.5. The molecule has 3 heterocycles. The topological polar surface area (TPSA) is 33.0 Å². The van der Waals surface area contributed by atoms with E-state index in [4.69, 9.17) is 9.72 Å². The lowest BCUT2D eigenvalue weighted by molar-refractivity contribution is 0.481. The van der Waals surface area contributed by atoms with Crippen molar-refractivity contribution in [2.45, 2.75) is 0 Å². The van der Waals surface area contributed by atoms with E-state index in [1.165, 1.54) is 5.39 Å². The Morgan fingerprint density at radius 1 is 0.722 bits per heavy atom. The molecular formula is C31H24N4O. The zero-order valence-electron chi connectivity index (χ0n) is 19.9. The Morgan fingerprint density at radius 2 is 1.56 bits per heavy atom. The number of pyridine rings is 1. The van der Waals surface area contributed by atoms with E-state index in [0.29, 0.717) is 0 Å². The van der Waals surface area contributed by atoms with Crippen LogP contribution in [0.5, 0.6) is 11.5 Å². The van der Waals surface area contributed by atoms with Gasteiger partial charge >= 0.3 is 0 Å². The quantitative estimate of drug-likeness (QED) is 0.255. The minimum atomic E-state index is 0.787. The fraction of sp³-hybridized carbons (Fsp3) is 0.0645. The van der Waals surface area contributed by atoms with Crippen LogP contribution in [-0.4, -0.2) is 28.0 Å². The first kappa shape index (κ1) is 20.6. The molecule has 0 aliphatic carbocycles. The lowest BCUT2D eigenvalue weighted by Gasteiger charge is -2.19. The minimum Gasteiger partial charge on any atom is -0.457 e. The monoisotopic (exact) mass is 468 g/mol. The summed E-state index contributed by atoms with van der Waals surface area (Å²) >= 11 is 0. The second-order valence-corrected chi connectivity index (χ2v) is 9.18. The zero-order valence-corrected chi connectivity index (χ0v) is 19.9. The molecule has 0 spiro atoms. The molecule has 0 amide bonds. The Kier molecular flexibility index (Phi) is 4.67. The number of ether oxygens (including phenoxy) is 1. The minimum absolute atomic E-state index is 0.787. The van der Waals surface area contributed by atoms with Crippen molar-refractivity contribution in [3.05, 3.63) is 116 Å². The number of fused-ring (bicyclic) bond motifs is 6. The molecule has 6 aromatic rings. The van der Waals surface area contributed by atoms with Gasteiger partial charge in [-0.1, -0.05) is 54.6 Å². The van der Waals surface area contributed by atoms with Gasteiger partial charge in [0.05, 0.1) is 17.9 Å². The summed E-state index contributed by atoms with van der Waals surface area (Å²) < 4.78 is 8.56. The van der Waals surface area contributed by atoms with E-state index in [9.17, 15) is 0 Å². The van der Waals surface area contributed by atoms with E-state index in [-0.39, 0.29) is 0 Å². The summed E-state index contributed by atoms with van der Waals surface area (Å²) in [6, 6.07) is 33.3. The molecule has 1 aliphatic heterocycles. The van der Waals surface area contributed by atoms with Gasteiger partial charge in [0.1, 0.15) is 17.1 Å². The third-order valence-corrected chi connectivity index (χ3v) is 6.72. The van der Waals surface area contributed by atoms with Gasteiger partial charge in [-0.15, -0.1) is 0 Å². The van der Waals surface area contributed by atoms with Gasteiger partial charge in [0.2, 0.25) is 0 Å². The first-order chi connectivity index (χ1) is 17.7. The van der Waals surface area contributed by atoms with Gasteiger partial charge in [-0.25, -0.2) is 4.98 Å². The number of hydrogen-bond acceptors (Lipinski definition) is 4. The van der Waals surface area contributed by atoms with Crippen LogP contribution in [0.4, 0.5) is 5.69 Å². The highest BCUT2D eigenvalue weighted by molar-refractivity contribution is 6.12. The third-order valence-electron chi connectivity index (χ3n) is 6.72. The standard InChI is InChI=1S/C31H24N4O/c1-33-16-17-34(21-33)23-10-7-11-24(18-23)36-25-14-15-26-27-12-5-6-13-30(27)35-20-29(22-8-3-2-4-9-22)32-31(35)28(26)19-25/h2-20H,21H2,1H3. The number of para-hydroxylation sites is 1. The average molecular weight is 469 g/mol. The SMILES string of the molecule is CN1C=CN(c2cccc(Oc3ccc4c5ccccc5n5cc(-c6ccccc6)nc5c4c3)c2)C1. The third kappa shape index (κ3) is 3.45. The van der Waals surface area contributed by atoms with Crippen LogP contribution < -0.4 is 9.64 Å². The van der Waals surface area contributed by atoms with Crippen molar-refractivity contribution in [3.8, 4) is 22.8 Å². The van der Waals surface area contributed by atoms with Gasteiger partial charge in [0, 0.05) is 53.7 Å². The van der Waals surface area contributed by atoms with Gasteiger partial charge < -0.3 is 14.5 Å². The fourth-order valence-electron chi connectivity index (χ4n) is 4.98. The molecule has 0 N–H and O–H groups in total. The summed E-state index contributed by atoms with van der Waals surface area (Å²) in [5, 5.41) is 3.42. The first-order valence-corrected chi connectivity index (χ1v) is 12.0. The Morgan fingerprint density at radius 3 is 2.42 bits per heavy atom. The van der Waals surface area contributed by atoms with Crippen LogP contribution in [0.15, 0.2) is 116 Å². The van der Waals surface area contributed by atoms with Crippen LogP contribution in [0.25, 0.3) is 38.6 Å². The molecule has 0 saturated carbocycles. The van der Waals surface area contributed by atoms with Crippen molar-refractivity contribution in [1.29, 1.82) is 0 Å². The summed E-state index contributed by atoms with van der Waals surface area (Å²) in [6.45, 7) is 0.827. The molecule has 1 aliphatic rings. The summed E-state index contributed by atoms with van der Waals surface area (Å²) in [7, 11) is 2.06. The number of hydrogen-bond donors (Lipinski definition) is 0. The molecule has 5 nitrogen and oxygen atoms in total. The summed E-state index contributed by atoms with van der Waals surface area (Å²) in [6.07, 6.45) is 6.28. The molecule has 4 aromatic carbocycles. The second-order valence-electron chi connectivity index (χ2n) is 9.18. The number of imidazole rings is 1. The molecule has 0 atom stereocenters. The molecule has 5 heteroatoms. The van der Waals surface area contributed by atoms with Crippen LogP contribution in [0.2, 0.25) is 0 Å². The Bertz CT molecular complexity index is 1770. The van der Waals surface area contributed by atoms with Gasteiger partial charge in [-0.2, -0.15) is 0 Å². The van der Waals surface area contributed by atoms with E-state index in [1.807, 2.05) is 36.4 Å². The van der Waals surface area contributed by atoms with E-state index >= 15 is 0 Å². The molecule has 0 saturated heterocycles. The van der Waals surface area contributed by atoms with Crippen molar-refractivity contribution >= 4 is 33.0 Å². The molecule has 0 bridgehead atoms. The van der Waals surface area contributed by atoms with E-state index in [2.05, 4.69) is 101 Å². The molecule has 0 fully saturated rings. The molecule has 0 radical (unpaired) electrons. The summed E-state index contributed by atoms with van der Waals surface area (Å²) in [5.74, 6) is 1.59. The molecule has 36 heavy (non-hydrogen) atoms. The van der Waals surface area contributed by atoms with Gasteiger partial charge in [-0.3, -0.25) is 4.40 Å². The van der Waals surface area contributed by atoms with Crippen molar-refractivity contribution in [1.82, 2.24) is 14.3 Å². The van der Waals surface area contributed by atoms with Gasteiger partial charge in [0.25, 0.3) is 0 Å². The van der Waals surface area contributed by atoms with Crippen LogP contribution in [0, 0.1) is 0 Å². The van der Waals surface area contributed by atoms with Crippen molar-refractivity contribution in [3.63, 3.8) is 0 Å². The number of benzene rings is 4. The maximum atomic E-state index is 6.36. The highest BCUT2D eigenvalue weighted by Gasteiger charge is 2.15. The number of aromatic nitrogens is 2. The van der Waals surface area contributed by atoms with Crippen molar-refractivity contribution in [2.75, 3.05) is 18.6 Å². The molecular weight excluding hydrogens is 444 g/mol. The van der Waals surface area contributed by atoms with Gasteiger partial charge in [-0.05, 0) is 41.8 Å². The Balaban J connectivity index is 1.35. The second kappa shape index (κ2) is 8.17. The lowest BCUT2D eigenvalue weighted by Crippen LogP contribution is -2.21. The van der Waals surface area contributed by atoms with E-state index in [1.54, 1.807) is 0 Å². The van der Waals surface area contributed by atoms with E-state index < -0.39 is 0 Å². The van der Waals surface area contributed by atoms with E-state index in [0.717, 1.165) is 57.0 Å². The Hall–Kier alpha value is -4.77. The molecule has 2 aromatic heterocycles. The van der Waals surface area contributed by atoms with Crippen LogP contribution >= 0.6 is 0 Å². The molecule has 174 valence electrons. The van der Waals surface area contributed by atoms with Crippen LogP contribution in [0.1, 0.15) is 0 Å². The summed E-state index contributed by atoms with van der Waals surface area (Å²) in [5.41, 5.74) is 5.22. The summed E-state index contributed by atoms with van der Waals surface area (Å²) in [4.78, 5) is 9.40. The fourth-order valence-corrected chi connectivity index (χ4v) is 4.98. The number of rotatable bonds is 4. The Labute approximate surface area is 209 Å². The van der Waals surface area contributed by atoms with Gasteiger partial charge in [0.15, 0.2) is 0 Å². The number of nitrogens with zero attached hydrogens (tertiary/aromatic N) is 4. The van der Waals surface area contributed by atoms with Crippen molar-refractivity contribution < 1.29 is 4.74 Å². The van der Waals surface area contributed by atoms with Crippen molar-refractivity contribution in [2.24, 2.45) is 0 Å². The van der Waals surface area contributed by atoms with Crippen LogP contribution in [-0.2, 0) is 0 Å². The smallest absolute Gasteiger partial charge is 0.146 e. The average Bonchev–Trinajstić information content (AvgIpc) is 3.57. The maximum Gasteiger partial charge on any atom is 0.146 e. The lowest BCUT2D eigenvalue weighted by atomic mass is 10.1. The predicted molar refractivity (Wildman–Crippen MR) is 146 cm³/mol. The molecule has 7 rings (SSSR count). The number of anilines is 1. The normalized spacial score (nSPS) is 13.4.